The third kappa shape index (κ3) is 4.09. The second kappa shape index (κ2) is 6.94. The molecule has 0 atom stereocenters. The van der Waals surface area contributed by atoms with E-state index in [1.54, 1.807) is 25.1 Å². The number of hydrogen-bond donors (Lipinski definition) is 1. The predicted molar refractivity (Wildman–Crippen MR) is 77.2 cm³/mol. The molecular formula is C14H12BrNO5. The third-order valence-corrected chi connectivity index (χ3v) is 2.80. The molecule has 110 valence electrons. The number of furan rings is 2. The van der Waals surface area contributed by atoms with Crippen molar-refractivity contribution >= 4 is 33.9 Å². The zero-order chi connectivity index (χ0) is 15.2. The fourth-order valence-electron chi connectivity index (χ4n) is 1.49. The maximum absolute atomic E-state index is 12.0. The fourth-order valence-corrected chi connectivity index (χ4v) is 1.80. The molecule has 0 aliphatic heterocycles. The first-order valence-electron chi connectivity index (χ1n) is 6.09. The summed E-state index contributed by atoms with van der Waals surface area (Å²) in [7, 11) is 0. The molecule has 0 bridgehead atoms. The molecule has 0 aromatic carbocycles. The number of rotatable bonds is 5. The molecule has 0 spiro atoms. The predicted octanol–water partition coefficient (Wildman–Crippen LogP) is 2.97. The second-order valence-corrected chi connectivity index (χ2v) is 4.63. The number of carbonyl (C=O) groups excluding carboxylic acids is 2. The van der Waals surface area contributed by atoms with Crippen LogP contribution in [0, 0.1) is 0 Å². The lowest BCUT2D eigenvalue weighted by molar-refractivity contribution is -0.138. The van der Waals surface area contributed by atoms with E-state index in [4.69, 9.17) is 13.6 Å². The lowest BCUT2D eigenvalue weighted by Crippen LogP contribution is -2.28. The molecule has 2 heterocycles. The van der Waals surface area contributed by atoms with Crippen LogP contribution in [0.2, 0.25) is 0 Å². The topological polar surface area (TPSA) is 81.7 Å². The molecule has 0 fully saturated rings. The molecule has 0 aliphatic carbocycles. The van der Waals surface area contributed by atoms with Gasteiger partial charge in [-0.1, -0.05) is 0 Å². The molecule has 0 aliphatic rings. The van der Waals surface area contributed by atoms with Crippen LogP contribution in [0.15, 0.2) is 49.7 Å². The summed E-state index contributed by atoms with van der Waals surface area (Å²) in [6.45, 7) is 1.87. The van der Waals surface area contributed by atoms with E-state index in [-0.39, 0.29) is 18.1 Å². The first-order valence-corrected chi connectivity index (χ1v) is 6.88. The average Bonchev–Trinajstić information content (AvgIpc) is 3.09. The molecule has 0 radical (unpaired) electrons. The molecule has 1 N–H and O–H groups in total. The van der Waals surface area contributed by atoms with E-state index in [9.17, 15) is 9.59 Å². The summed E-state index contributed by atoms with van der Waals surface area (Å²) in [4.78, 5) is 23.9. The standard InChI is InChI=1S/C14H12BrNO5/c1-2-19-14(18)10(8-9-4-3-7-20-9)16-13(17)11-5-6-12(15)21-11/h3-8H,2H2,1H3,(H,16,17)/b10-8+. The van der Waals surface area contributed by atoms with Gasteiger partial charge in [0.25, 0.3) is 5.91 Å². The quantitative estimate of drug-likeness (QED) is 0.660. The molecule has 7 heteroatoms. The molecule has 2 aromatic heterocycles. The minimum absolute atomic E-state index is 0.0377. The Kier molecular flexibility index (Phi) is 4.99. The van der Waals surface area contributed by atoms with Gasteiger partial charge in [-0.25, -0.2) is 4.79 Å². The van der Waals surface area contributed by atoms with Gasteiger partial charge < -0.3 is 18.9 Å². The Balaban J connectivity index is 2.20. The Hall–Kier alpha value is -2.28. The van der Waals surface area contributed by atoms with Crippen LogP contribution in [0.25, 0.3) is 6.08 Å². The summed E-state index contributed by atoms with van der Waals surface area (Å²) >= 11 is 3.10. The molecule has 21 heavy (non-hydrogen) atoms. The van der Waals surface area contributed by atoms with Crippen molar-refractivity contribution < 1.29 is 23.2 Å². The number of carbonyl (C=O) groups is 2. The smallest absolute Gasteiger partial charge is 0.354 e. The Morgan fingerprint density at radius 2 is 2.19 bits per heavy atom. The van der Waals surface area contributed by atoms with Gasteiger partial charge in [0.2, 0.25) is 0 Å². The maximum atomic E-state index is 12.0. The van der Waals surface area contributed by atoms with Gasteiger partial charge in [-0.05, 0) is 47.1 Å². The van der Waals surface area contributed by atoms with Crippen molar-refractivity contribution in [2.45, 2.75) is 6.92 Å². The van der Waals surface area contributed by atoms with E-state index >= 15 is 0 Å². The van der Waals surface area contributed by atoms with Gasteiger partial charge in [0, 0.05) is 6.08 Å². The first kappa shape index (κ1) is 15.1. The van der Waals surface area contributed by atoms with Crippen molar-refractivity contribution in [3.8, 4) is 0 Å². The minimum Gasteiger partial charge on any atom is -0.465 e. The van der Waals surface area contributed by atoms with Gasteiger partial charge in [-0.15, -0.1) is 0 Å². The van der Waals surface area contributed by atoms with E-state index in [2.05, 4.69) is 21.2 Å². The molecular weight excluding hydrogens is 342 g/mol. The van der Waals surface area contributed by atoms with Gasteiger partial charge in [-0.2, -0.15) is 0 Å². The van der Waals surface area contributed by atoms with Crippen LogP contribution in [0.3, 0.4) is 0 Å². The number of ether oxygens (including phenoxy) is 1. The van der Waals surface area contributed by atoms with Crippen LogP contribution < -0.4 is 5.32 Å². The highest BCUT2D eigenvalue weighted by Gasteiger charge is 2.18. The minimum atomic E-state index is -0.659. The Labute approximate surface area is 128 Å². The van der Waals surface area contributed by atoms with Crippen LogP contribution >= 0.6 is 15.9 Å². The Bertz CT molecular complexity index is 657. The van der Waals surface area contributed by atoms with Crippen LogP contribution in [0.4, 0.5) is 0 Å². The highest BCUT2D eigenvalue weighted by molar-refractivity contribution is 9.10. The van der Waals surface area contributed by atoms with E-state index in [1.807, 2.05) is 0 Å². The molecule has 0 saturated heterocycles. The number of esters is 1. The number of halogens is 1. The van der Waals surface area contributed by atoms with Crippen LogP contribution in [-0.2, 0) is 9.53 Å². The molecule has 2 aromatic rings. The number of hydrogen-bond acceptors (Lipinski definition) is 5. The molecule has 6 nitrogen and oxygen atoms in total. The molecule has 2 rings (SSSR count). The molecule has 0 unspecified atom stereocenters. The SMILES string of the molecule is CCOC(=O)/C(=C\c1ccco1)NC(=O)c1ccc(Br)o1. The lowest BCUT2D eigenvalue weighted by atomic mass is 10.3. The third-order valence-electron chi connectivity index (χ3n) is 2.37. The number of nitrogens with one attached hydrogen (secondary N) is 1. The summed E-state index contributed by atoms with van der Waals surface area (Å²) in [5.74, 6) is -0.741. The monoisotopic (exact) mass is 353 g/mol. The lowest BCUT2D eigenvalue weighted by Gasteiger charge is -2.07. The summed E-state index contributed by atoms with van der Waals surface area (Å²) < 4.78 is 15.5. The van der Waals surface area contributed by atoms with E-state index < -0.39 is 11.9 Å². The average molecular weight is 354 g/mol. The highest BCUT2D eigenvalue weighted by Crippen LogP contribution is 2.15. The number of amides is 1. The largest absolute Gasteiger partial charge is 0.465 e. The summed E-state index contributed by atoms with van der Waals surface area (Å²) in [6.07, 6.45) is 2.84. The van der Waals surface area contributed by atoms with Gasteiger partial charge in [0.05, 0.1) is 12.9 Å². The van der Waals surface area contributed by atoms with Crippen LogP contribution in [0.5, 0.6) is 0 Å². The summed E-state index contributed by atoms with van der Waals surface area (Å²) in [6, 6.07) is 6.37. The molecule has 0 saturated carbocycles. The maximum Gasteiger partial charge on any atom is 0.354 e. The normalized spacial score (nSPS) is 11.2. The fraction of sp³-hybridized carbons (Fsp3) is 0.143. The van der Waals surface area contributed by atoms with E-state index in [0.717, 1.165) is 0 Å². The van der Waals surface area contributed by atoms with E-state index in [1.165, 1.54) is 18.4 Å². The van der Waals surface area contributed by atoms with Crippen molar-refractivity contribution in [2.75, 3.05) is 6.61 Å². The van der Waals surface area contributed by atoms with Gasteiger partial charge >= 0.3 is 5.97 Å². The van der Waals surface area contributed by atoms with E-state index in [0.29, 0.717) is 10.4 Å². The zero-order valence-electron chi connectivity index (χ0n) is 11.1. The van der Waals surface area contributed by atoms with Gasteiger partial charge in [0.15, 0.2) is 10.4 Å². The molecule has 1 amide bonds. The summed E-state index contributed by atoms with van der Waals surface area (Å²) in [5.41, 5.74) is -0.0377. The van der Waals surface area contributed by atoms with Crippen molar-refractivity contribution in [1.82, 2.24) is 5.32 Å². The highest BCUT2D eigenvalue weighted by atomic mass is 79.9. The first-order chi connectivity index (χ1) is 10.1. The van der Waals surface area contributed by atoms with Crippen molar-refractivity contribution in [2.24, 2.45) is 0 Å². The van der Waals surface area contributed by atoms with Gasteiger partial charge in [-0.3, -0.25) is 4.79 Å². The van der Waals surface area contributed by atoms with Crippen molar-refractivity contribution in [3.05, 3.63) is 52.4 Å². The second-order valence-electron chi connectivity index (χ2n) is 3.85. The zero-order valence-corrected chi connectivity index (χ0v) is 12.7. The Morgan fingerprint density at radius 3 is 2.76 bits per heavy atom. The van der Waals surface area contributed by atoms with Crippen molar-refractivity contribution in [3.63, 3.8) is 0 Å². The van der Waals surface area contributed by atoms with Gasteiger partial charge in [0.1, 0.15) is 11.5 Å². The van der Waals surface area contributed by atoms with Crippen LogP contribution in [-0.4, -0.2) is 18.5 Å². The Morgan fingerprint density at radius 1 is 1.38 bits per heavy atom. The van der Waals surface area contributed by atoms with Crippen LogP contribution in [0.1, 0.15) is 23.2 Å². The van der Waals surface area contributed by atoms with Crippen molar-refractivity contribution in [1.29, 1.82) is 0 Å². The summed E-state index contributed by atoms with van der Waals surface area (Å²) in [5, 5.41) is 2.44.